The van der Waals surface area contributed by atoms with Gasteiger partial charge in [-0.2, -0.15) is 0 Å². The van der Waals surface area contributed by atoms with Crippen LogP contribution in [0.4, 0.5) is 4.39 Å². The normalized spacial score (nSPS) is 18.9. The van der Waals surface area contributed by atoms with Crippen molar-refractivity contribution in [2.75, 3.05) is 14.1 Å². The van der Waals surface area contributed by atoms with E-state index in [-0.39, 0.29) is 11.6 Å². The van der Waals surface area contributed by atoms with E-state index >= 15 is 0 Å². The van der Waals surface area contributed by atoms with E-state index < -0.39 is 5.54 Å². The third kappa shape index (κ3) is 2.78. The second kappa shape index (κ2) is 6.04. The zero-order valence-corrected chi connectivity index (χ0v) is 12.7. The lowest BCUT2D eigenvalue weighted by molar-refractivity contribution is 0.0634. The Kier molecular flexibility index (Phi) is 4.59. The van der Waals surface area contributed by atoms with Crippen molar-refractivity contribution in [3.63, 3.8) is 0 Å². The number of likely N-dealkylation sites (N-methyl/N-ethyl adjacent to an activating group) is 1. The minimum absolute atomic E-state index is 0.155. The Morgan fingerprint density at radius 3 is 2.25 bits per heavy atom. The summed E-state index contributed by atoms with van der Waals surface area (Å²) in [5.74, 6) is -0.124. The van der Waals surface area contributed by atoms with E-state index in [0.717, 1.165) is 31.2 Å². The molecule has 0 saturated heterocycles. The van der Waals surface area contributed by atoms with Gasteiger partial charge in [0.05, 0.1) is 5.54 Å². The zero-order chi connectivity index (χ0) is 14.8. The standard InChI is InChI=1S/C17H24FNO/c1-13-12-14(18)8-9-15(13)16(20)17(19(2)3)10-6-4-5-7-11-17/h8-9,12H,4-7,10-11H2,1-3H3. The van der Waals surface area contributed by atoms with E-state index in [1.807, 2.05) is 21.0 Å². The quantitative estimate of drug-likeness (QED) is 0.615. The monoisotopic (exact) mass is 277 g/mol. The van der Waals surface area contributed by atoms with Crippen LogP contribution < -0.4 is 0 Å². The highest BCUT2D eigenvalue weighted by atomic mass is 19.1. The molecular weight excluding hydrogens is 253 g/mol. The van der Waals surface area contributed by atoms with Crippen molar-refractivity contribution in [3.05, 3.63) is 35.1 Å². The van der Waals surface area contributed by atoms with Gasteiger partial charge in [-0.1, -0.05) is 25.7 Å². The van der Waals surface area contributed by atoms with Gasteiger partial charge in [0.15, 0.2) is 5.78 Å². The molecule has 0 N–H and O–H groups in total. The van der Waals surface area contributed by atoms with Crippen LogP contribution in [0.15, 0.2) is 18.2 Å². The van der Waals surface area contributed by atoms with Crippen molar-refractivity contribution < 1.29 is 9.18 Å². The maximum absolute atomic E-state index is 13.3. The number of Topliss-reactive ketones (excluding diaryl/α,β-unsaturated/α-hetero) is 1. The number of aryl methyl sites for hydroxylation is 1. The topological polar surface area (TPSA) is 20.3 Å². The minimum atomic E-state index is -0.418. The van der Waals surface area contributed by atoms with Crippen molar-refractivity contribution in [1.29, 1.82) is 0 Å². The molecule has 2 nitrogen and oxygen atoms in total. The number of hydrogen-bond donors (Lipinski definition) is 0. The van der Waals surface area contributed by atoms with E-state index in [4.69, 9.17) is 0 Å². The number of carbonyl (C=O) groups is 1. The summed E-state index contributed by atoms with van der Waals surface area (Å²) in [5.41, 5.74) is 0.987. The van der Waals surface area contributed by atoms with E-state index in [1.54, 1.807) is 6.07 Å². The maximum atomic E-state index is 13.3. The minimum Gasteiger partial charge on any atom is -0.297 e. The summed E-state index contributed by atoms with van der Waals surface area (Å²) in [6.07, 6.45) is 6.37. The van der Waals surface area contributed by atoms with Crippen LogP contribution in [0.5, 0.6) is 0 Å². The van der Waals surface area contributed by atoms with Gasteiger partial charge in [0.2, 0.25) is 0 Å². The fourth-order valence-corrected chi connectivity index (χ4v) is 3.32. The summed E-state index contributed by atoms with van der Waals surface area (Å²) in [6.45, 7) is 1.82. The average molecular weight is 277 g/mol. The Bertz CT molecular complexity index is 488. The van der Waals surface area contributed by atoms with Gasteiger partial charge in [-0.15, -0.1) is 0 Å². The van der Waals surface area contributed by atoms with Gasteiger partial charge in [-0.05, 0) is 57.6 Å². The largest absolute Gasteiger partial charge is 0.297 e. The summed E-state index contributed by atoms with van der Waals surface area (Å²) < 4.78 is 13.3. The Morgan fingerprint density at radius 2 is 1.75 bits per heavy atom. The van der Waals surface area contributed by atoms with Crippen LogP contribution in [-0.4, -0.2) is 30.3 Å². The Morgan fingerprint density at radius 1 is 1.15 bits per heavy atom. The van der Waals surface area contributed by atoms with Crippen LogP contribution >= 0.6 is 0 Å². The smallest absolute Gasteiger partial charge is 0.183 e. The molecule has 0 heterocycles. The van der Waals surface area contributed by atoms with Gasteiger partial charge in [-0.25, -0.2) is 4.39 Å². The van der Waals surface area contributed by atoms with Crippen LogP contribution in [-0.2, 0) is 0 Å². The van der Waals surface area contributed by atoms with Gasteiger partial charge in [0.1, 0.15) is 5.82 Å². The van der Waals surface area contributed by atoms with Crippen molar-refractivity contribution >= 4 is 5.78 Å². The van der Waals surface area contributed by atoms with Crippen molar-refractivity contribution in [1.82, 2.24) is 4.90 Å². The highest BCUT2D eigenvalue weighted by Gasteiger charge is 2.41. The molecule has 1 saturated carbocycles. The molecule has 0 radical (unpaired) electrons. The van der Waals surface area contributed by atoms with E-state index in [9.17, 15) is 9.18 Å². The summed E-state index contributed by atoms with van der Waals surface area (Å²) >= 11 is 0. The molecule has 0 amide bonds. The first-order valence-electron chi connectivity index (χ1n) is 7.46. The zero-order valence-electron chi connectivity index (χ0n) is 12.7. The number of benzene rings is 1. The van der Waals surface area contributed by atoms with Crippen LogP contribution in [0, 0.1) is 12.7 Å². The Balaban J connectivity index is 2.40. The van der Waals surface area contributed by atoms with E-state index in [1.165, 1.54) is 25.0 Å². The highest BCUT2D eigenvalue weighted by molar-refractivity contribution is 6.04. The first-order chi connectivity index (χ1) is 9.47. The van der Waals surface area contributed by atoms with Gasteiger partial charge in [0.25, 0.3) is 0 Å². The molecule has 0 aromatic heterocycles. The molecule has 1 fully saturated rings. The molecule has 110 valence electrons. The molecule has 3 heteroatoms. The lowest BCUT2D eigenvalue weighted by Gasteiger charge is -2.38. The van der Waals surface area contributed by atoms with Gasteiger partial charge in [0, 0.05) is 5.56 Å². The molecule has 0 spiro atoms. The first kappa shape index (κ1) is 15.2. The molecule has 1 aliphatic carbocycles. The van der Waals surface area contributed by atoms with Gasteiger partial charge < -0.3 is 0 Å². The molecule has 0 aliphatic heterocycles. The van der Waals surface area contributed by atoms with Crippen LogP contribution in [0.25, 0.3) is 0 Å². The summed E-state index contributed by atoms with van der Waals surface area (Å²) in [6, 6.07) is 4.48. The fourth-order valence-electron chi connectivity index (χ4n) is 3.32. The van der Waals surface area contributed by atoms with E-state index in [0.29, 0.717) is 5.56 Å². The first-order valence-corrected chi connectivity index (χ1v) is 7.46. The molecule has 0 unspecified atom stereocenters. The van der Waals surface area contributed by atoms with Crippen LogP contribution in [0.1, 0.15) is 54.4 Å². The molecule has 0 atom stereocenters. The third-order valence-electron chi connectivity index (χ3n) is 4.64. The highest BCUT2D eigenvalue weighted by Crippen LogP contribution is 2.34. The average Bonchev–Trinajstić information content (AvgIpc) is 2.64. The molecule has 2 rings (SSSR count). The fraction of sp³-hybridized carbons (Fsp3) is 0.588. The second-order valence-electron chi connectivity index (χ2n) is 6.13. The number of carbonyl (C=O) groups excluding carboxylic acids is 1. The number of nitrogens with zero attached hydrogens (tertiary/aromatic N) is 1. The number of halogens is 1. The summed E-state index contributed by atoms with van der Waals surface area (Å²) in [5, 5.41) is 0. The lowest BCUT2D eigenvalue weighted by atomic mass is 9.80. The van der Waals surface area contributed by atoms with Crippen LogP contribution in [0.3, 0.4) is 0 Å². The SMILES string of the molecule is Cc1cc(F)ccc1C(=O)C1(N(C)C)CCCCCC1. The molecule has 1 aliphatic rings. The van der Waals surface area contributed by atoms with Crippen molar-refractivity contribution in [2.24, 2.45) is 0 Å². The van der Waals surface area contributed by atoms with E-state index in [2.05, 4.69) is 4.90 Å². The Labute approximate surface area is 121 Å². The van der Waals surface area contributed by atoms with Crippen molar-refractivity contribution in [2.45, 2.75) is 51.0 Å². The van der Waals surface area contributed by atoms with Crippen LogP contribution in [0.2, 0.25) is 0 Å². The lowest BCUT2D eigenvalue weighted by Crippen LogP contribution is -2.51. The Hall–Kier alpha value is -1.22. The number of rotatable bonds is 3. The number of ketones is 1. The second-order valence-corrected chi connectivity index (χ2v) is 6.13. The van der Waals surface area contributed by atoms with Gasteiger partial charge >= 0.3 is 0 Å². The third-order valence-corrected chi connectivity index (χ3v) is 4.64. The predicted octanol–water partition coefficient (Wildman–Crippen LogP) is 3.97. The van der Waals surface area contributed by atoms with Gasteiger partial charge in [-0.3, -0.25) is 9.69 Å². The number of hydrogen-bond acceptors (Lipinski definition) is 2. The molecule has 1 aromatic rings. The predicted molar refractivity (Wildman–Crippen MR) is 79.6 cm³/mol. The molecule has 1 aromatic carbocycles. The molecular formula is C17H24FNO. The maximum Gasteiger partial charge on any atom is 0.183 e. The van der Waals surface area contributed by atoms with Crippen molar-refractivity contribution in [3.8, 4) is 0 Å². The molecule has 20 heavy (non-hydrogen) atoms. The summed E-state index contributed by atoms with van der Waals surface area (Å²) in [7, 11) is 3.98. The molecule has 0 bridgehead atoms. The summed E-state index contributed by atoms with van der Waals surface area (Å²) in [4.78, 5) is 15.2.